The van der Waals surface area contributed by atoms with E-state index in [1.54, 1.807) is 11.6 Å². The number of carbonyl (C=O) groups excluding carboxylic acids is 1. The first-order valence-corrected chi connectivity index (χ1v) is 7.30. The Balaban J connectivity index is 1.74. The number of amides is 2. The summed E-state index contributed by atoms with van der Waals surface area (Å²) in [6.07, 6.45) is 3.38. The van der Waals surface area contributed by atoms with Crippen LogP contribution in [0.25, 0.3) is 0 Å². The molecule has 0 aliphatic carbocycles. The standard InChI is InChI=1S/C13H16N4O3S/c1-8-9(7-15-17-8)3-2-5-14-13(20)16-11-10(12(18)19)4-6-21-11/h4,6-7H,2-3,5H2,1H3,(H,15,17)(H,18,19)(H2,14,16,20). The summed E-state index contributed by atoms with van der Waals surface area (Å²) in [6, 6.07) is 1.06. The summed E-state index contributed by atoms with van der Waals surface area (Å²) in [5.41, 5.74) is 2.26. The molecule has 0 spiro atoms. The van der Waals surface area contributed by atoms with Gasteiger partial charge in [0.1, 0.15) is 5.00 Å². The van der Waals surface area contributed by atoms with Crippen molar-refractivity contribution in [2.24, 2.45) is 0 Å². The first-order valence-electron chi connectivity index (χ1n) is 6.42. The van der Waals surface area contributed by atoms with E-state index in [4.69, 9.17) is 5.11 Å². The average Bonchev–Trinajstić information content (AvgIpc) is 3.04. The molecule has 0 saturated carbocycles. The van der Waals surface area contributed by atoms with E-state index in [-0.39, 0.29) is 5.56 Å². The van der Waals surface area contributed by atoms with Crippen LogP contribution < -0.4 is 10.6 Å². The highest BCUT2D eigenvalue weighted by molar-refractivity contribution is 7.14. The fourth-order valence-electron chi connectivity index (χ4n) is 1.83. The number of H-pyrrole nitrogens is 1. The number of aryl methyl sites for hydroxylation is 2. The van der Waals surface area contributed by atoms with Gasteiger partial charge >= 0.3 is 12.0 Å². The molecule has 0 aliphatic rings. The van der Waals surface area contributed by atoms with Crippen LogP contribution in [-0.4, -0.2) is 33.8 Å². The number of nitrogens with one attached hydrogen (secondary N) is 3. The third-order valence-electron chi connectivity index (χ3n) is 2.97. The fourth-order valence-corrected chi connectivity index (χ4v) is 2.60. The van der Waals surface area contributed by atoms with Gasteiger partial charge in [-0.1, -0.05) is 0 Å². The van der Waals surface area contributed by atoms with E-state index >= 15 is 0 Å². The highest BCUT2D eigenvalue weighted by atomic mass is 32.1. The Morgan fingerprint density at radius 2 is 2.29 bits per heavy atom. The molecule has 0 aliphatic heterocycles. The van der Waals surface area contributed by atoms with Gasteiger partial charge in [0.05, 0.1) is 11.8 Å². The maximum absolute atomic E-state index is 11.7. The Bertz CT molecular complexity index is 635. The minimum absolute atomic E-state index is 0.101. The lowest BCUT2D eigenvalue weighted by Crippen LogP contribution is -2.30. The van der Waals surface area contributed by atoms with Crippen LogP contribution >= 0.6 is 11.3 Å². The second-order valence-electron chi connectivity index (χ2n) is 4.47. The first-order chi connectivity index (χ1) is 10.1. The van der Waals surface area contributed by atoms with Crippen molar-refractivity contribution in [2.45, 2.75) is 19.8 Å². The molecule has 2 heterocycles. The maximum Gasteiger partial charge on any atom is 0.338 e. The number of anilines is 1. The molecule has 0 saturated heterocycles. The molecule has 0 atom stereocenters. The molecule has 21 heavy (non-hydrogen) atoms. The monoisotopic (exact) mass is 308 g/mol. The van der Waals surface area contributed by atoms with Crippen LogP contribution in [0.15, 0.2) is 17.6 Å². The van der Waals surface area contributed by atoms with E-state index in [1.807, 2.05) is 6.92 Å². The zero-order valence-corrected chi connectivity index (χ0v) is 12.3. The SMILES string of the molecule is Cc1[nH]ncc1CCCNC(=O)Nc1sccc1C(=O)O. The summed E-state index contributed by atoms with van der Waals surface area (Å²) in [7, 11) is 0. The third kappa shape index (κ3) is 4.06. The van der Waals surface area contributed by atoms with Gasteiger partial charge in [-0.05, 0) is 36.8 Å². The van der Waals surface area contributed by atoms with E-state index in [0.29, 0.717) is 11.5 Å². The van der Waals surface area contributed by atoms with E-state index in [0.717, 1.165) is 24.1 Å². The highest BCUT2D eigenvalue weighted by Crippen LogP contribution is 2.22. The van der Waals surface area contributed by atoms with Crippen molar-refractivity contribution < 1.29 is 14.7 Å². The van der Waals surface area contributed by atoms with Gasteiger partial charge in [0, 0.05) is 12.2 Å². The lowest BCUT2D eigenvalue weighted by molar-refractivity contribution is 0.0698. The van der Waals surface area contributed by atoms with Gasteiger partial charge in [0.2, 0.25) is 0 Å². The van der Waals surface area contributed by atoms with Gasteiger partial charge in [-0.3, -0.25) is 10.4 Å². The number of rotatable bonds is 6. The molecule has 0 aromatic carbocycles. The maximum atomic E-state index is 11.7. The number of hydrogen-bond donors (Lipinski definition) is 4. The summed E-state index contributed by atoms with van der Waals surface area (Å²) >= 11 is 1.18. The van der Waals surface area contributed by atoms with Crippen LogP contribution in [0.5, 0.6) is 0 Å². The summed E-state index contributed by atoms with van der Waals surface area (Å²) in [5.74, 6) is -1.05. The lowest BCUT2D eigenvalue weighted by Gasteiger charge is -2.06. The number of aromatic amines is 1. The molecule has 2 aromatic rings. The van der Waals surface area contributed by atoms with Gasteiger partial charge in [-0.2, -0.15) is 5.10 Å². The molecule has 0 radical (unpaired) electrons. The highest BCUT2D eigenvalue weighted by Gasteiger charge is 2.13. The number of thiophene rings is 1. The van der Waals surface area contributed by atoms with Crippen molar-refractivity contribution in [3.8, 4) is 0 Å². The van der Waals surface area contributed by atoms with Gasteiger partial charge in [0.25, 0.3) is 0 Å². The first kappa shape index (κ1) is 15.0. The number of aromatic carboxylic acids is 1. The van der Waals surface area contributed by atoms with Crippen LogP contribution in [0.2, 0.25) is 0 Å². The predicted octanol–water partition coefficient (Wildman–Crippen LogP) is 2.23. The minimum atomic E-state index is -1.05. The number of carbonyl (C=O) groups is 2. The van der Waals surface area contributed by atoms with Crippen molar-refractivity contribution >= 4 is 28.3 Å². The summed E-state index contributed by atoms with van der Waals surface area (Å²) in [6.45, 7) is 2.46. The largest absolute Gasteiger partial charge is 0.478 e. The lowest BCUT2D eigenvalue weighted by atomic mass is 10.1. The zero-order chi connectivity index (χ0) is 15.2. The normalized spacial score (nSPS) is 10.3. The van der Waals surface area contributed by atoms with Gasteiger partial charge < -0.3 is 10.4 Å². The molecule has 112 valence electrons. The number of aromatic nitrogens is 2. The Morgan fingerprint density at radius 1 is 1.48 bits per heavy atom. The van der Waals surface area contributed by atoms with Gasteiger partial charge in [-0.15, -0.1) is 11.3 Å². The summed E-state index contributed by atoms with van der Waals surface area (Å²) < 4.78 is 0. The topological polar surface area (TPSA) is 107 Å². The number of hydrogen-bond acceptors (Lipinski definition) is 4. The van der Waals surface area contributed by atoms with Gasteiger partial charge in [-0.25, -0.2) is 9.59 Å². The number of nitrogens with zero attached hydrogens (tertiary/aromatic N) is 1. The van der Waals surface area contributed by atoms with Crippen molar-refractivity contribution in [3.05, 3.63) is 34.5 Å². The van der Waals surface area contributed by atoms with Crippen LogP contribution in [0.1, 0.15) is 28.0 Å². The van der Waals surface area contributed by atoms with E-state index in [9.17, 15) is 9.59 Å². The number of carboxylic acid groups (broad SMARTS) is 1. The molecule has 0 bridgehead atoms. The number of urea groups is 1. The van der Waals surface area contributed by atoms with E-state index in [2.05, 4.69) is 20.8 Å². The molecule has 2 aromatic heterocycles. The fraction of sp³-hybridized carbons (Fsp3) is 0.308. The smallest absolute Gasteiger partial charge is 0.338 e. The van der Waals surface area contributed by atoms with Crippen LogP contribution in [-0.2, 0) is 6.42 Å². The predicted molar refractivity (Wildman–Crippen MR) is 79.9 cm³/mol. The second-order valence-corrected chi connectivity index (χ2v) is 5.39. The molecule has 0 unspecified atom stereocenters. The Labute approximate surface area is 125 Å². The van der Waals surface area contributed by atoms with Crippen LogP contribution in [0.4, 0.5) is 9.80 Å². The van der Waals surface area contributed by atoms with E-state index < -0.39 is 12.0 Å². The van der Waals surface area contributed by atoms with Crippen molar-refractivity contribution in [1.29, 1.82) is 0 Å². The zero-order valence-electron chi connectivity index (χ0n) is 11.5. The number of carboxylic acids is 1. The van der Waals surface area contributed by atoms with Crippen LogP contribution in [0.3, 0.4) is 0 Å². The van der Waals surface area contributed by atoms with Crippen molar-refractivity contribution in [3.63, 3.8) is 0 Å². The van der Waals surface area contributed by atoms with Crippen LogP contribution in [0, 0.1) is 6.92 Å². The molecule has 2 rings (SSSR count). The Morgan fingerprint density at radius 3 is 2.95 bits per heavy atom. The second kappa shape index (κ2) is 6.89. The molecule has 0 fully saturated rings. The molecule has 4 N–H and O–H groups in total. The quantitative estimate of drug-likeness (QED) is 0.614. The minimum Gasteiger partial charge on any atom is -0.478 e. The van der Waals surface area contributed by atoms with E-state index in [1.165, 1.54) is 17.4 Å². The molecular formula is C13H16N4O3S. The molecule has 2 amide bonds. The summed E-state index contributed by atoms with van der Waals surface area (Å²) in [5, 5.41) is 22.9. The Kier molecular flexibility index (Phi) is 4.94. The molecule has 7 nitrogen and oxygen atoms in total. The Hall–Kier alpha value is -2.35. The molecular weight excluding hydrogens is 292 g/mol. The average molecular weight is 308 g/mol. The third-order valence-corrected chi connectivity index (χ3v) is 3.80. The molecule has 8 heteroatoms. The van der Waals surface area contributed by atoms with Crippen molar-refractivity contribution in [1.82, 2.24) is 15.5 Å². The van der Waals surface area contributed by atoms with Gasteiger partial charge in [0.15, 0.2) is 0 Å². The summed E-state index contributed by atoms with van der Waals surface area (Å²) in [4.78, 5) is 22.6. The van der Waals surface area contributed by atoms with Crippen molar-refractivity contribution in [2.75, 3.05) is 11.9 Å².